The minimum absolute atomic E-state index is 0.0159. The number of aryl methyl sites for hydroxylation is 1. The molecule has 0 aliphatic carbocycles. The summed E-state index contributed by atoms with van der Waals surface area (Å²) >= 11 is 6.22. The molecule has 0 fully saturated rings. The lowest BCUT2D eigenvalue weighted by atomic mass is 10.1. The van der Waals surface area contributed by atoms with Crippen LogP contribution in [0.2, 0.25) is 5.15 Å². The van der Waals surface area contributed by atoms with Gasteiger partial charge in [-0.3, -0.25) is 4.79 Å². The number of imidazole rings is 1. The molecule has 0 saturated heterocycles. The lowest BCUT2D eigenvalue weighted by molar-refractivity contribution is -0.141. The van der Waals surface area contributed by atoms with Crippen LogP contribution in [-0.4, -0.2) is 51.0 Å². The normalized spacial score (nSPS) is 12.7. The van der Waals surface area contributed by atoms with E-state index in [2.05, 4.69) is 11.9 Å². The summed E-state index contributed by atoms with van der Waals surface area (Å²) in [6, 6.07) is 14.1. The summed E-state index contributed by atoms with van der Waals surface area (Å²) in [5.74, 6) is -0.431. The van der Waals surface area contributed by atoms with Crippen LogP contribution in [0.5, 0.6) is 0 Å². The largest absolute Gasteiger partial charge is 0.480 e. The number of sulfonamides is 1. The smallest absolute Gasteiger partial charge is 0.322 e. The molecule has 0 spiro atoms. The highest BCUT2D eigenvalue weighted by Crippen LogP contribution is 2.24. The van der Waals surface area contributed by atoms with Crippen LogP contribution in [0.3, 0.4) is 0 Å². The van der Waals surface area contributed by atoms with Crippen molar-refractivity contribution in [3.05, 3.63) is 82.4 Å². The first kappa shape index (κ1) is 27.9. The maximum absolute atomic E-state index is 13.4. The summed E-state index contributed by atoms with van der Waals surface area (Å²) in [5.41, 5.74) is 2.06. The summed E-state index contributed by atoms with van der Waals surface area (Å²) in [5, 5.41) is 19.9. The third kappa shape index (κ3) is 6.34. The molecule has 0 aliphatic heterocycles. The van der Waals surface area contributed by atoms with Crippen molar-refractivity contribution >= 4 is 27.6 Å². The average molecular weight is 534 g/mol. The van der Waals surface area contributed by atoms with E-state index in [0.717, 1.165) is 34.1 Å². The second-order valence-electron chi connectivity index (χ2n) is 8.51. The molecule has 1 heterocycles. The number of halogens is 1. The minimum Gasteiger partial charge on any atom is -0.480 e. The number of carbonyl (C=O) groups is 1. The van der Waals surface area contributed by atoms with Gasteiger partial charge in [0.25, 0.3) is 0 Å². The SMILES string of the molecule is CCCCc1nc(Cl)c(CO)n1Cc1ccc(S(=O)(=O)N(CC)[C@@H](Cc2ccccc2)C(=O)O)cc1. The van der Waals surface area contributed by atoms with Crippen LogP contribution in [0.1, 0.15) is 49.3 Å². The van der Waals surface area contributed by atoms with Gasteiger partial charge < -0.3 is 14.8 Å². The Kier molecular flexibility index (Phi) is 9.67. The first-order valence-electron chi connectivity index (χ1n) is 11.9. The number of aliphatic carboxylic acids is 1. The Bertz CT molecular complexity index is 1260. The van der Waals surface area contributed by atoms with Gasteiger partial charge in [-0.2, -0.15) is 4.31 Å². The van der Waals surface area contributed by atoms with E-state index in [1.54, 1.807) is 43.3 Å². The Hall–Kier alpha value is -2.72. The molecule has 194 valence electrons. The van der Waals surface area contributed by atoms with Crippen LogP contribution in [0.25, 0.3) is 0 Å². The molecule has 3 rings (SSSR count). The van der Waals surface area contributed by atoms with Gasteiger partial charge in [0.1, 0.15) is 11.9 Å². The molecule has 1 aromatic heterocycles. The lowest BCUT2D eigenvalue weighted by Crippen LogP contribution is -2.46. The predicted molar refractivity (Wildman–Crippen MR) is 138 cm³/mol. The highest BCUT2D eigenvalue weighted by atomic mass is 35.5. The van der Waals surface area contributed by atoms with Crippen molar-refractivity contribution in [3.8, 4) is 0 Å². The van der Waals surface area contributed by atoms with Gasteiger partial charge in [0.15, 0.2) is 5.15 Å². The van der Waals surface area contributed by atoms with Crippen molar-refractivity contribution in [1.29, 1.82) is 0 Å². The number of aliphatic hydroxyl groups excluding tert-OH is 1. The van der Waals surface area contributed by atoms with Crippen molar-refractivity contribution < 1.29 is 23.4 Å². The number of carboxylic acid groups (broad SMARTS) is 1. The van der Waals surface area contributed by atoms with E-state index < -0.39 is 22.0 Å². The molecule has 0 amide bonds. The number of aliphatic hydroxyl groups is 1. The summed E-state index contributed by atoms with van der Waals surface area (Å²) in [7, 11) is -4.06. The van der Waals surface area contributed by atoms with E-state index in [0.29, 0.717) is 18.7 Å². The number of rotatable bonds is 13. The van der Waals surface area contributed by atoms with Crippen molar-refractivity contribution in [1.82, 2.24) is 13.9 Å². The number of aromatic nitrogens is 2. The zero-order chi connectivity index (χ0) is 26.3. The number of likely N-dealkylation sites (N-methyl/N-ethyl adjacent to an activating group) is 1. The molecule has 2 aromatic carbocycles. The highest BCUT2D eigenvalue weighted by molar-refractivity contribution is 7.89. The van der Waals surface area contributed by atoms with Gasteiger partial charge in [0, 0.05) is 19.5 Å². The lowest BCUT2D eigenvalue weighted by Gasteiger charge is -2.27. The molecule has 8 nitrogen and oxygen atoms in total. The van der Waals surface area contributed by atoms with E-state index in [1.165, 1.54) is 12.1 Å². The molecule has 10 heteroatoms. The predicted octanol–water partition coefficient (Wildman–Crippen LogP) is 4.13. The topological polar surface area (TPSA) is 113 Å². The van der Waals surface area contributed by atoms with Gasteiger partial charge in [-0.05, 0) is 36.1 Å². The first-order valence-corrected chi connectivity index (χ1v) is 13.8. The van der Waals surface area contributed by atoms with Crippen molar-refractivity contribution in [2.45, 2.75) is 63.6 Å². The number of nitrogens with zero attached hydrogens (tertiary/aromatic N) is 3. The third-order valence-corrected chi connectivity index (χ3v) is 8.39. The molecule has 0 bridgehead atoms. The summed E-state index contributed by atoms with van der Waals surface area (Å²) in [4.78, 5) is 16.5. The van der Waals surface area contributed by atoms with Gasteiger partial charge in [-0.25, -0.2) is 13.4 Å². The maximum atomic E-state index is 13.4. The van der Waals surface area contributed by atoms with Crippen LogP contribution in [0.4, 0.5) is 0 Å². The zero-order valence-electron chi connectivity index (χ0n) is 20.5. The fourth-order valence-corrected chi connectivity index (χ4v) is 6.01. The van der Waals surface area contributed by atoms with Crippen LogP contribution in [0, 0.1) is 0 Å². The number of hydrogen-bond acceptors (Lipinski definition) is 5. The minimum atomic E-state index is -4.06. The maximum Gasteiger partial charge on any atom is 0.322 e. The molecule has 3 aromatic rings. The second-order valence-corrected chi connectivity index (χ2v) is 10.8. The quantitative estimate of drug-likeness (QED) is 0.341. The summed E-state index contributed by atoms with van der Waals surface area (Å²) in [6.07, 6.45) is 2.69. The van der Waals surface area contributed by atoms with Gasteiger partial charge in [-0.15, -0.1) is 0 Å². The molecule has 0 radical (unpaired) electrons. The van der Waals surface area contributed by atoms with Gasteiger partial charge in [0.05, 0.1) is 17.2 Å². The molecule has 0 unspecified atom stereocenters. The molecule has 36 heavy (non-hydrogen) atoms. The zero-order valence-corrected chi connectivity index (χ0v) is 22.0. The van der Waals surface area contributed by atoms with Crippen LogP contribution in [0.15, 0.2) is 59.5 Å². The van der Waals surface area contributed by atoms with Crippen molar-refractivity contribution in [2.75, 3.05) is 6.54 Å². The summed E-state index contributed by atoms with van der Waals surface area (Å²) < 4.78 is 29.8. The second kappa shape index (κ2) is 12.5. The molecular weight excluding hydrogens is 502 g/mol. The number of carboxylic acids is 1. The van der Waals surface area contributed by atoms with E-state index in [9.17, 15) is 23.4 Å². The van der Waals surface area contributed by atoms with Gasteiger partial charge in [0.2, 0.25) is 10.0 Å². The number of benzene rings is 2. The van der Waals surface area contributed by atoms with Gasteiger partial charge in [-0.1, -0.05) is 74.3 Å². The Morgan fingerprint density at radius 1 is 1.08 bits per heavy atom. The van der Waals surface area contributed by atoms with E-state index >= 15 is 0 Å². The van der Waals surface area contributed by atoms with Gasteiger partial charge >= 0.3 is 5.97 Å². The molecule has 2 N–H and O–H groups in total. The average Bonchev–Trinajstić information content (AvgIpc) is 3.16. The Morgan fingerprint density at radius 3 is 2.31 bits per heavy atom. The molecule has 1 atom stereocenters. The standard InChI is InChI=1S/C26H32ClN3O5S/c1-3-5-11-24-28-25(27)23(18-31)29(24)17-20-12-14-21(15-13-20)36(34,35)30(4-2)22(26(32)33)16-19-9-7-6-8-10-19/h6-10,12-15,22,31H,3-5,11,16-18H2,1-2H3,(H,32,33)/t22-/m0/s1. The molecular formula is C26H32ClN3O5S. The number of hydrogen-bond donors (Lipinski definition) is 2. The highest BCUT2D eigenvalue weighted by Gasteiger charge is 2.35. The Labute approximate surface area is 217 Å². The van der Waals surface area contributed by atoms with E-state index in [4.69, 9.17) is 11.6 Å². The third-order valence-electron chi connectivity index (χ3n) is 6.09. The van der Waals surface area contributed by atoms with E-state index in [-0.39, 0.29) is 29.6 Å². The molecule has 0 saturated carbocycles. The first-order chi connectivity index (χ1) is 17.2. The van der Waals surface area contributed by atoms with Crippen LogP contribution in [-0.2, 0) is 40.8 Å². The summed E-state index contributed by atoms with van der Waals surface area (Å²) in [6.45, 7) is 3.84. The van der Waals surface area contributed by atoms with Crippen molar-refractivity contribution in [2.24, 2.45) is 0 Å². The van der Waals surface area contributed by atoms with E-state index in [1.807, 2.05) is 10.6 Å². The monoisotopic (exact) mass is 533 g/mol. The fourth-order valence-electron chi connectivity index (χ4n) is 4.16. The Morgan fingerprint density at radius 2 is 1.75 bits per heavy atom. The van der Waals surface area contributed by atoms with Crippen LogP contribution < -0.4 is 0 Å². The Balaban J connectivity index is 1.87. The number of unbranched alkanes of at least 4 members (excludes halogenated alkanes) is 1. The molecule has 0 aliphatic rings. The van der Waals surface area contributed by atoms with Crippen molar-refractivity contribution in [3.63, 3.8) is 0 Å². The van der Waals surface area contributed by atoms with Crippen LogP contribution >= 0.6 is 11.6 Å². The fraction of sp³-hybridized carbons (Fsp3) is 0.385.